The molecule has 0 aliphatic rings. The summed E-state index contributed by atoms with van der Waals surface area (Å²) in [4.78, 5) is 14.3. The lowest BCUT2D eigenvalue weighted by Gasteiger charge is -2.12. The van der Waals surface area contributed by atoms with E-state index in [1.807, 2.05) is 59.4 Å². The highest BCUT2D eigenvalue weighted by Gasteiger charge is 2.15. The zero-order chi connectivity index (χ0) is 26.9. The molecule has 41 heavy (non-hydrogen) atoms. The molecule has 0 spiro atoms. The van der Waals surface area contributed by atoms with Gasteiger partial charge >= 0.3 is 0 Å². The molecule has 6 nitrogen and oxygen atoms in total. The minimum Gasteiger partial charge on any atom is -0.457 e. The lowest BCUT2D eigenvalue weighted by molar-refractivity contribution is 0.484. The van der Waals surface area contributed by atoms with E-state index in [4.69, 9.17) is 9.72 Å². The van der Waals surface area contributed by atoms with E-state index in [9.17, 15) is 0 Å². The molecule has 9 rings (SSSR count). The lowest BCUT2D eigenvalue weighted by atomic mass is 10.1. The van der Waals surface area contributed by atoms with Gasteiger partial charge in [-0.15, -0.1) is 0 Å². The number of rotatable bonds is 3. The average molecular weight is 528 g/mol. The smallest absolute Gasteiger partial charge is 0.146 e. The zero-order valence-electron chi connectivity index (χ0n) is 21.8. The number of hydrogen-bond donors (Lipinski definition) is 0. The number of aromatic nitrogens is 5. The number of imidazole rings is 2. The van der Waals surface area contributed by atoms with Crippen molar-refractivity contribution in [2.45, 2.75) is 0 Å². The first-order valence-corrected chi connectivity index (χ1v) is 13.5. The normalized spacial score (nSPS) is 11.9. The van der Waals surface area contributed by atoms with Crippen molar-refractivity contribution >= 4 is 54.8 Å². The predicted octanol–water partition coefficient (Wildman–Crippen LogP) is 8.45. The fraction of sp³-hybridized carbons (Fsp3) is 0. The summed E-state index contributed by atoms with van der Waals surface area (Å²) >= 11 is 0. The molecule has 0 radical (unpaired) electrons. The van der Waals surface area contributed by atoms with Gasteiger partial charge in [0.1, 0.15) is 28.4 Å². The van der Waals surface area contributed by atoms with Crippen LogP contribution in [0.4, 0.5) is 0 Å². The fourth-order valence-electron chi connectivity index (χ4n) is 6.04. The summed E-state index contributed by atoms with van der Waals surface area (Å²) in [5.41, 5.74) is 5.80. The van der Waals surface area contributed by atoms with Gasteiger partial charge in [-0.2, -0.15) is 0 Å². The molecule has 0 amide bonds. The second kappa shape index (κ2) is 8.37. The molecular formula is C35H21N5O. The zero-order valence-corrected chi connectivity index (χ0v) is 21.8. The van der Waals surface area contributed by atoms with Crippen LogP contribution in [0.25, 0.3) is 66.0 Å². The number of fused-ring (bicyclic) bond motifs is 12. The van der Waals surface area contributed by atoms with Gasteiger partial charge in [0, 0.05) is 51.9 Å². The summed E-state index contributed by atoms with van der Waals surface area (Å²) in [6.07, 6.45) is 7.69. The first kappa shape index (κ1) is 22.1. The monoisotopic (exact) mass is 527 g/mol. The standard InChI is InChI=1S/C35H21N5O/c1-2-7-22(8-3-1)31-21-40-32-11-5-4-9-27(32)25-14-12-24(20-30(25)35(40)38-31)41-23-13-15-26-28-10-6-16-36-33(28)39-18-17-37-34(39)29(26)19-23/h1-21H. The van der Waals surface area contributed by atoms with Gasteiger partial charge in [-0.05, 0) is 65.4 Å². The number of nitrogens with zero attached hydrogens (tertiary/aromatic N) is 5. The van der Waals surface area contributed by atoms with Crippen LogP contribution in [0.5, 0.6) is 11.5 Å². The summed E-state index contributed by atoms with van der Waals surface area (Å²) in [5.74, 6) is 1.50. The van der Waals surface area contributed by atoms with E-state index < -0.39 is 0 Å². The first-order chi connectivity index (χ1) is 20.3. The van der Waals surface area contributed by atoms with E-state index in [-0.39, 0.29) is 0 Å². The molecule has 9 aromatic rings. The van der Waals surface area contributed by atoms with Crippen LogP contribution < -0.4 is 4.74 Å². The number of para-hydroxylation sites is 1. The van der Waals surface area contributed by atoms with E-state index in [0.717, 1.165) is 72.1 Å². The second-order valence-corrected chi connectivity index (χ2v) is 10.2. The van der Waals surface area contributed by atoms with Crippen molar-refractivity contribution in [2.75, 3.05) is 0 Å². The molecule has 0 fully saturated rings. The van der Waals surface area contributed by atoms with Gasteiger partial charge in [-0.25, -0.2) is 15.0 Å². The van der Waals surface area contributed by atoms with Crippen molar-refractivity contribution in [1.29, 1.82) is 0 Å². The molecule has 0 atom stereocenters. The van der Waals surface area contributed by atoms with Crippen LogP contribution in [-0.4, -0.2) is 23.8 Å². The van der Waals surface area contributed by atoms with Crippen molar-refractivity contribution in [3.63, 3.8) is 0 Å². The number of benzene rings is 4. The quantitative estimate of drug-likeness (QED) is 0.216. The Labute approximate surface area is 233 Å². The SMILES string of the molecule is c1ccc(-c2cn3c4ccccc4c4ccc(Oc5ccc6c7cccnc7n7ccnc7c6c5)cc4c3n2)cc1. The molecule has 6 heteroatoms. The van der Waals surface area contributed by atoms with Crippen molar-refractivity contribution in [2.24, 2.45) is 0 Å². The van der Waals surface area contributed by atoms with Gasteiger partial charge in [-0.1, -0.05) is 48.5 Å². The molecule has 5 aromatic heterocycles. The number of ether oxygens (including phenoxy) is 1. The highest BCUT2D eigenvalue weighted by molar-refractivity contribution is 6.13. The summed E-state index contributed by atoms with van der Waals surface area (Å²) in [7, 11) is 0. The maximum atomic E-state index is 6.49. The molecule has 0 bridgehead atoms. The summed E-state index contributed by atoms with van der Waals surface area (Å²) < 4.78 is 10.7. The van der Waals surface area contributed by atoms with Crippen LogP contribution in [0.2, 0.25) is 0 Å². The Hall–Kier alpha value is -5.75. The van der Waals surface area contributed by atoms with Crippen molar-refractivity contribution in [3.8, 4) is 22.8 Å². The Morgan fingerprint density at radius 3 is 2.05 bits per heavy atom. The maximum Gasteiger partial charge on any atom is 0.146 e. The van der Waals surface area contributed by atoms with Gasteiger partial charge in [0.25, 0.3) is 0 Å². The van der Waals surface area contributed by atoms with Crippen LogP contribution in [0, 0.1) is 0 Å². The highest BCUT2D eigenvalue weighted by Crippen LogP contribution is 2.36. The van der Waals surface area contributed by atoms with Crippen LogP contribution in [0.1, 0.15) is 0 Å². The molecule has 0 N–H and O–H groups in total. The van der Waals surface area contributed by atoms with E-state index in [1.54, 1.807) is 0 Å². The minimum atomic E-state index is 0.745. The Balaban J connectivity index is 1.23. The Kier molecular flexibility index (Phi) is 4.51. The van der Waals surface area contributed by atoms with Gasteiger partial charge in [-0.3, -0.25) is 8.80 Å². The number of hydrogen-bond acceptors (Lipinski definition) is 4. The van der Waals surface area contributed by atoms with E-state index in [2.05, 4.69) is 87.3 Å². The van der Waals surface area contributed by atoms with Gasteiger partial charge in [0.05, 0.1) is 11.2 Å². The van der Waals surface area contributed by atoms with Crippen LogP contribution >= 0.6 is 0 Å². The summed E-state index contributed by atoms with van der Waals surface area (Å²) in [6.45, 7) is 0. The molecule has 5 heterocycles. The Morgan fingerprint density at radius 2 is 1.20 bits per heavy atom. The van der Waals surface area contributed by atoms with E-state index in [1.165, 1.54) is 5.39 Å². The third kappa shape index (κ3) is 3.28. The second-order valence-electron chi connectivity index (χ2n) is 10.2. The molecule has 0 unspecified atom stereocenters. The Bertz CT molecular complexity index is 2460. The molecule has 192 valence electrons. The highest BCUT2D eigenvalue weighted by atomic mass is 16.5. The fourth-order valence-corrected chi connectivity index (χ4v) is 6.04. The molecular weight excluding hydrogens is 506 g/mol. The summed E-state index contributed by atoms with van der Waals surface area (Å²) in [5, 5.41) is 6.54. The molecule has 4 aromatic carbocycles. The lowest BCUT2D eigenvalue weighted by Crippen LogP contribution is -1.94. The van der Waals surface area contributed by atoms with Crippen molar-refractivity contribution in [1.82, 2.24) is 23.8 Å². The maximum absolute atomic E-state index is 6.49. The molecule has 0 saturated carbocycles. The van der Waals surface area contributed by atoms with Crippen LogP contribution in [0.3, 0.4) is 0 Å². The predicted molar refractivity (Wildman–Crippen MR) is 164 cm³/mol. The van der Waals surface area contributed by atoms with Gasteiger partial charge in [0.2, 0.25) is 0 Å². The minimum absolute atomic E-state index is 0.745. The molecule has 0 saturated heterocycles. The third-order valence-corrected chi connectivity index (χ3v) is 7.87. The Morgan fingerprint density at radius 1 is 0.512 bits per heavy atom. The first-order valence-electron chi connectivity index (χ1n) is 13.5. The number of pyridine rings is 3. The van der Waals surface area contributed by atoms with Crippen molar-refractivity contribution < 1.29 is 4.74 Å². The largest absolute Gasteiger partial charge is 0.457 e. The summed E-state index contributed by atoms with van der Waals surface area (Å²) in [6, 6.07) is 35.3. The average Bonchev–Trinajstić information content (AvgIpc) is 3.71. The van der Waals surface area contributed by atoms with E-state index in [0.29, 0.717) is 0 Å². The molecule has 0 aliphatic heterocycles. The van der Waals surface area contributed by atoms with Crippen LogP contribution in [-0.2, 0) is 0 Å². The van der Waals surface area contributed by atoms with Crippen molar-refractivity contribution in [3.05, 3.63) is 128 Å². The van der Waals surface area contributed by atoms with Crippen LogP contribution in [0.15, 0.2) is 128 Å². The third-order valence-electron chi connectivity index (χ3n) is 7.87. The van der Waals surface area contributed by atoms with E-state index >= 15 is 0 Å². The van der Waals surface area contributed by atoms with Gasteiger partial charge < -0.3 is 4.74 Å². The van der Waals surface area contributed by atoms with Gasteiger partial charge in [0.15, 0.2) is 0 Å². The topological polar surface area (TPSA) is 56.7 Å². The molecule has 0 aliphatic carbocycles.